The van der Waals surface area contributed by atoms with Gasteiger partial charge in [0.25, 0.3) is 0 Å². The van der Waals surface area contributed by atoms with Gasteiger partial charge in [-0.25, -0.2) is 14.6 Å². The fourth-order valence-corrected chi connectivity index (χ4v) is 5.14. The van der Waals surface area contributed by atoms with Crippen LogP contribution in [0.2, 0.25) is 0 Å². The van der Waals surface area contributed by atoms with E-state index in [9.17, 15) is 4.79 Å². The van der Waals surface area contributed by atoms with E-state index in [2.05, 4.69) is 20.6 Å². The Labute approximate surface area is 203 Å². The van der Waals surface area contributed by atoms with Crippen LogP contribution >= 0.6 is 0 Å². The number of fused-ring (bicyclic) bond motifs is 2. The topological polar surface area (TPSA) is 111 Å². The minimum atomic E-state index is -0.399. The van der Waals surface area contributed by atoms with Gasteiger partial charge in [-0.1, -0.05) is 61.4 Å². The Morgan fingerprint density at radius 3 is 2.71 bits per heavy atom. The number of nitrogens with two attached hydrogens (primary N) is 1. The van der Waals surface area contributed by atoms with Crippen LogP contribution in [0.15, 0.2) is 61.1 Å². The summed E-state index contributed by atoms with van der Waals surface area (Å²) in [6.07, 6.45) is 9.94. The molecule has 0 spiro atoms. The first-order chi connectivity index (χ1) is 17.2. The largest absolute Gasteiger partial charge is 0.383 e. The Kier molecular flexibility index (Phi) is 5.41. The average molecular weight is 466 g/mol. The zero-order valence-electron chi connectivity index (χ0n) is 19.3. The molecule has 1 aliphatic heterocycles. The number of carbonyl (C=O) groups is 1. The Morgan fingerprint density at radius 2 is 1.89 bits per heavy atom. The molecule has 2 aromatic heterocycles. The third-order valence-electron chi connectivity index (χ3n) is 6.98. The highest BCUT2D eigenvalue weighted by Crippen LogP contribution is 2.36. The predicted octanol–water partition coefficient (Wildman–Crippen LogP) is 4.12. The van der Waals surface area contributed by atoms with Crippen molar-refractivity contribution < 1.29 is 4.79 Å². The van der Waals surface area contributed by atoms with Crippen LogP contribution in [0.3, 0.4) is 0 Å². The molecule has 4 aromatic rings. The van der Waals surface area contributed by atoms with Crippen LogP contribution in [0.4, 0.5) is 5.82 Å². The molecule has 35 heavy (non-hydrogen) atoms. The second-order valence-corrected chi connectivity index (χ2v) is 9.17. The summed E-state index contributed by atoms with van der Waals surface area (Å²) in [5, 5.41) is 12.0. The molecule has 1 aliphatic carbocycles. The van der Waals surface area contributed by atoms with E-state index in [0.29, 0.717) is 18.4 Å². The molecule has 2 aliphatic rings. The first kappa shape index (κ1) is 21.3. The van der Waals surface area contributed by atoms with Gasteiger partial charge in [0.15, 0.2) is 5.65 Å². The summed E-state index contributed by atoms with van der Waals surface area (Å²) in [5.74, 6) is 0.386. The molecular weight excluding hydrogens is 438 g/mol. The molecular formula is C27H27N7O. The number of nitrogens with zero attached hydrogens (tertiary/aromatic N) is 4. The van der Waals surface area contributed by atoms with Crippen molar-refractivity contribution >= 4 is 28.8 Å². The summed E-state index contributed by atoms with van der Waals surface area (Å²) in [5.41, 5.74) is 11.9. The van der Waals surface area contributed by atoms with Crippen molar-refractivity contribution in [2.45, 2.75) is 44.3 Å². The van der Waals surface area contributed by atoms with E-state index < -0.39 is 6.04 Å². The Morgan fingerprint density at radius 1 is 1.09 bits per heavy atom. The highest BCUT2D eigenvalue weighted by molar-refractivity contribution is 5.98. The van der Waals surface area contributed by atoms with E-state index in [4.69, 9.17) is 10.8 Å². The zero-order chi connectivity index (χ0) is 23.8. The first-order valence-corrected chi connectivity index (χ1v) is 12.1. The maximum Gasteiger partial charge on any atom is 0.247 e. The van der Waals surface area contributed by atoms with E-state index in [1.54, 1.807) is 0 Å². The van der Waals surface area contributed by atoms with Crippen LogP contribution in [0, 0.1) is 0 Å². The quantitative estimate of drug-likeness (QED) is 0.409. The number of benzene rings is 2. The van der Waals surface area contributed by atoms with Crippen LogP contribution in [-0.2, 0) is 11.3 Å². The lowest BCUT2D eigenvalue weighted by Gasteiger charge is -2.22. The molecule has 176 valence electrons. The van der Waals surface area contributed by atoms with Gasteiger partial charge in [0, 0.05) is 12.1 Å². The lowest BCUT2D eigenvalue weighted by molar-refractivity contribution is -0.123. The molecule has 0 bridgehead atoms. The SMILES string of the molecule is Nc1ncnc2c1c(-c1ccc(CNC(=O)C3NC=Cc4ccccc43)cc1)nn2C1CCCC1. The Bertz CT molecular complexity index is 1420. The number of aromatic nitrogens is 4. The highest BCUT2D eigenvalue weighted by Gasteiger charge is 2.25. The number of hydrogen-bond donors (Lipinski definition) is 3. The number of nitrogens with one attached hydrogen (secondary N) is 2. The monoisotopic (exact) mass is 465 g/mol. The normalized spacial score (nSPS) is 17.3. The van der Waals surface area contributed by atoms with Crippen molar-refractivity contribution in [1.29, 1.82) is 0 Å². The van der Waals surface area contributed by atoms with Crippen molar-refractivity contribution in [2.75, 3.05) is 5.73 Å². The van der Waals surface area contributed by atoms with E-state index in [1.807, 2.05) is 65.5 Å². The number of carbonyl (C=O) groups excluding carboxylic acids is 1. The summed E-state index contributed by atoms with van der Waals surface area (Å²) < 4.78 is 2.04. The molecule has 1 unspecified atom stereocenters. The fraction of sp³-hybridized carbons (Fsp3) is 0.259. The minimum Gasteiger partial charge on any atom is -0.383 e. The molecule has 0 radical (unpaired) electrons. The van der Waals surface area contributed by atoms with Crippen molar-refractivity contribution in [3.8, 4) is 11.3 Å². The molecule has 1 fully saturated rings. The van der Waals surface area contributed by atoms with E-state index in [0.717, 1.165) is 51.8 Å². The van der Waals surface area contributed by atoms with Crippen LogP contribution in [-0.4, -0.2) is 25.7 Å². The zero-order valence-corrected chi connectivity index (χ0v) is 19.3. The average Bonchev–Trinajstić information content (AvgIpc) is 3.56. The third-order valence-corrected chi connectivity index (χ3v) is 6.98. The molecule has 8 heteroatoms. The maximum atomic E-state index is 12.9. The van der Waals surface area contributed by atoms with Gasteiger partial charge in [-0.3, -0.25) is 4.79 Å². The molecule has 8 nitrogen and oxygen atoms in total. The summed E-state index contributed by atoms with van der Waals surface area (Å²) in [6.45, 7) is 0.436. The third kappa shape index (κ3) is 3.90. The van der Waals surface area contributed by atoms with Gasteiger partial charge in [-0.2, -0.15) is 5.10 Å². The van der Waals surface area contributed by atoms with Crippen LogP contribution < -0.4 is 16.4 Å². The molecule has 1 amide bonds. The highest BCUT2D eigenvalue weighted by atomic mass is 16.2. The van der Waals surface area contributed by atoms with Crippen LogP contribution in [0.25, 0.3) is 28.4 Å². The van der Waals surface area contributed by atoms with Gasteiger partial charge in [-0.05, 0) is 41.8 Å². The van der Waals surface area contributed by atoms with Gasteiger partial charge in [-0.15, -0.1) is 0 Å². The first-order valence-electron chi connectivity index (χ1n) is 12.1. The molecule has 3 heterocycles. The molecule has 6 rings (SSSR count). The van der Waals surface area contributed by atoms with Crippen LogP contribution in [0.5, 0.6) is 0 Å². The maximum absolute atomic E-state index is 12.9. The number of rotatable bonds is 5. The second-order valence-electron chi connectivity index (χ2n) is 9.17. The van der Waals surface area contributed by atoms with E-state index in [1.165, 1.54) is 19.2 Å². The minimum absolute atomic E-state index is 0.0582. The molecule has 1 atom stereocenters. The summed E-state index contributed by atoms with van der Waals surface area (Å²) in [4.78, 5) is 21.6. The fourth-order valence-electron chi connectivity index (χ4n) is 5.14. The smallest absolute Gasteiger partial charge is 0.247 e. The number of amides is 1. The van der Waals surface area contributed by atoms with E-state index >= 15 is 0 Å². The molecule has 2 aromatic carbocycles. The van der Waals surface area contributed by atoms with Gasteiger partial charge < -0.3 is 16.4 Å². The Balaban J connectivity index is 1.21. The standard InChI is InChI=1S/C27H27N7O/c28-25-22-23(33-34(20-6-2-3-7-20)26(22)32-16-31-25)19-11-9-17(10-12-19)15-30-27(35)24-21-8-4-1-5-18(21)13-14-29-24/h1,4-5,8-14,16,20,24,29H,2-3,6-7,15H2,(H,30,35)(H2,28,31,32). The van der Waals surface area contributed by atoms with Gasteiger partial charge >= 0.3 is 0 Å². The predicted molar refractivity (Wildman–Crippen MR) is 136 cm³/mol. The molecule has 0 saturated heterocycles. The van der Waals surface area contributed by atoms with Crippen molar-refractivity contribution in [3.63, 3.8) is 0 Å². The number of hydrogen-bond acceptors (Lipinski definition) is 6. The van der Waals surface area contributed by atoms with Crippen LogP contribution in [0.1, 0.15) is 54.5 Å². The lowest BCUT2D eigenvalue weighted by Crippen LogP contribution is -2.36. The summed E-state index contributed by atoms with van der Waals surface area (Å²) in [7, 11) is 0. The lowest BCUT2D eigenvalue weighted by atomic mass is 9.97. The van der Waals surface area contributed by atoms with Crippen molar-refractivity contribution in [3.05, 3.63) is 77.7 Å². The van der Waals surface area contributed by atoms with Gasteiger partial charge in [0.1, 0.15) is 23.9 Å². The summed E-state index contributed by atoms with van der Waals surface area (Å²) in [6, 6.07) is 15.9. The number of anilines is 1. The Hall–Kier alpha value is -4.20. The van der Waals surface area contributed by atoms with Crippen molar-refractivity contribution in [2.24, 2.45) is 0 Å². The molecule has 4 N–H and O–H groups in total. The second kappa shape index (κ2) is 8.87. The number of nitrogen functional groups attached to an aromatic ring is 1. The van der Waals surface area contributed by atoms with Gasteiger partial charge in [0.2, 0.25) is 5.91 Å². The summed E-state index contributed by atoms with van der Waals surface area (Å²) >= 11 is 0. The van der Waals surface area contributed by atoms with E-state index in [-0.39, 0.29) is 5.91 Å². The molecule has 1 saturated carbocycles. The van der Waals surface area contributed by atoms with Crippen molar-refractivity contribution in [1.82, 2.24) is 30.4 Å². The van der Waals surface area contributed by atoms with Gasteiger partial charge in [0.05, 0.1) is 11.4 Å².